The third-order valence-corrected chi connectivity index (χ3v) is 4.14. The summed E-state index contributed by atoms with van der Waals surface area (Å²) in [7, 11) is 0. The Labute approximate surface area is 157 Å². The maximum atomic E-state index is 11.2. The Morgan fingerprint density at radius 3 is 2.44 bits per heavy atom. The van der Waals surface area contributed by atoms with Crippen LogP contribution < -0.4 is 4.90 Å². The summed E-state index contributed by atoms with van der Waals surface area (Å²) >= 11 is 11.7. The minimum atomic E-state index is -0.988. The van der Waals surface area contributed by atoms with Gasteiger partial charge in [0.15, 0.2) is 0 Å². The minimum absolute atomic E-state index is 0.184. The lowest BCUT2D eigenvalue weighted by atomic mass is 10.1. The van der Waals surface area contributed by atoms with Gasteiger partial charge in [-0.25, -0.2) is 4.79 Å². The zero-order chi connectivity index (χ0) is 18.2. The van der Waals surface area contributed by atoms with E-state index in [0.29, 0.717) is 17.4 Å². The van der Waals surface area contributed by atoms with Gasteiger partial charge in [0.1, 0.15) is 0 Å². The van der Waals surface area contributed by atoms with Gasteiger partial charge < -0.3 is 10.0 Å². The number of halogens is 2. The summed E-state index contributed by atoms with van der Waals surface area (Å²) in [5.74, 6) is 0.0774. The topological polar surface area (TPSA) is 52.9 Å². The van der Waals surface area contributed by atoms with Crippen LogP contribution in [0.2, 0.25) is 0 Å². The van der Waals surface area contributed by atoms with Crippen molar-refractivity contribution < 1.29 is 9.90 Å². The van der Waals surface area contributed by atoms with Gasteiger partial charge in [0.05, 0.1) is 11.3 Å². The fourth-order valence-corrected chi connectivity index (χ4v) is 2.89. The molecular weight excluding hydrogens is 359 g/mol. The average molecular weight is 379 g/mol. The second-order valence-corrected chi connectivity index (χ2v) is 6.24. The van der Waals surface area contributed by atoms with E-state index in [1.807, 2.05) is 19.1 Å². The highest BCUT2D eigenvalue weighted by Gasteiger charge is 2.09. The van der Waals surface area contributed by atoms with E-state index < -0.39 is 5.97 Å². The van der Waals surface area contributed by atoms with Crippen molar-refractivity contribution in [3.05, 3.63) is 59.2 Å². The number of nitrogens with zero attached hydrogens (tertiary/aromatic N) is 2. The molecule has 0 atom stereocenters. The molecule has 25 heavy (non-hydrogen) atoms. The first-order valence-corrected chi connectivity index (χ1v) is 8.97. The molecule has 0 amide bonds. The quantitative estimate of drug-likeness (QED) is 0.533. The Kier molecular flexibility index (Phi) is 7.29. The van der Waals surface area contributed by atoms with Gasteiger partial charge in [-0.05, 0) is 42.3 Å². The SMILES string of the molecule is Cc1cc(N(CCCl)CCCl)ccc1C=Nc1ccccc1C(=O)O. The lowest BCUT2D eigenvalue weighted by Crippen LogP contribution is -2.27. The van der Waals surface area contributed by atoms with Gasteiger partial charge >= 0.3 is 5.97 Å². The first kappa shape index (κ1) is 19.3. The number of carboxylic acids is 1. The van der Waals surface area contributed by atoms with E-state index in [0.717, 1.165) is 29.9 Å². The summed E-state index contributed by atoms with van der Waals surface area (Å²) in [5.41, 5.74) is 3.65. The fraction of sp³-hybridized carbons (Fsp3) is 0.263. The number of benzene rings is 2. The molecule has 2 aromatic rings. The highest BCUT2D eigenvalue weighted by atomic mass is 35.5. The van der Waals surface area contributed by atoms with E-state index in [1.54, 1.807) is 30.5 Å². The van der Waals surface area contributed by atoms with Crippen molar-refractivity contribution in [3.63, 3.8) is 0 Å². The highest BCUT2D eigenvalue weighted by molar-refractivity contribution is 6.18. The number of aliphatic imine (C=N–C) groups is 1. The standard InChI is InChI=1S/C19H20Cl2N2O2/c1-14-12-16(23(10-8-20)11-9-21)7-6-15(14)13-22-18-5-3-2-4-17(18)19(24)25/h2-7,12-13H,8-11H2,1H3,(H,24,25). The van der Waals surface area contributed by atoms with Crippen LogP contribution in [0.1, 0.15) is 21.5 Å². The van der Waals surface area contributed by atoms with Crippen LogP contribution in [0.3, 0.4) is 0 Å². The van der Waals surface area contributed by atoms with Crippen LogP contribution in [0.25, 0.3) is 0 Å². The lowest BCUT2D eigenvalue weighted by molar-refractivity contribution is 0.0698. The third-order valence-electron chi connectivity index (χ3n) is 3.80. The Balaban J connectivity index is 2.25. The molecule has 0 aliphatic rings. The van der Waals surface area contributed by atoms with Crippen molar-refractivity contribution in [2.75, 3.05) is 29.7 Å². The van der Waals surface area contributed by atoms with Crippen LogP contribution in [0, 0.1) is 6.92 Å². The zero-order valence-corrected chi connectivity index (χ0v) is 15.5. The lowest BCUT2D eigenvalue weighted by Gasteiger charge is -2.23. The van der Waals surface area contributed by atoms with Gasteiger partial charge in [0.2, 0.25) is 0 Å². The number of hydrogen-bond donors (Lipinski definition) is 1. The number of carbonyl (C=O) groups is 1. The summed E-state index contributed by atoms with van der Waals surface area (Å²) in [4.78, 5) is 17.7. The van der Waals surface area contributed by atoms with Crippen LogP contribution in [0.15, 0.2) is 47.5 Å². The smallest absolute Gasteiger partial charge is 0.337 e. The second kappa shape index (κ2) is 9.44. The van der Waals surface area contributed by atoms with Gasteiger partial charge in [0, 0.05) is 36.8 Å². The first-order chi connectivity index (χ1) is 12.1. The normalized spacial score (nSPS) is 11.0. The number of alkyl halides is 2. The Morgan fingerprint density at radius 2 is 1.84 bits per heavy atom. The van der Waals surface area contributed by atoms with Crippen LogP contribution in [0.4, 0.5) is 11.4 Å². The molecule has 2 rings (SSSR count). The number of hydrogen-bond acceptors (Lipinski definition) is 3. The van der Waals surface area contributed by atoms with E-state index in [2.05, 4.69) is 16.0 Å². The molecule has 2 aromatic carbocycles. The average Bonchev–Trinajstić information content (AvgIpc) is 2.60. The molecule has 0 radical (unpaired) electrons. The molecule has 0 aliphatic heterocycles. The van der Waals surface area contributed by atoms with Crippen molar-refractivity contribution in [1.29, 1.82) is 0 Å². The van der Waals surface area contributed by atoms with E-state index in [4.69, 9.17) is 23.2 Å². The van der Waals surface area contributed by atoms with E-state index in [-0.39, 0.29) is 5.56 Å². The zero-order valence-electron chi connectivity index (χ0n) is 14.0. The van der Waals surface area contributed by atoms with E-state index >= 15 is 0 Å². The molecule has 0 unspecified atom stereocenters. The molecule has 6 heteroatoms. The van der Waals surface area contributed by atoms with Crippen LogP contribution in [-0.2, 0) is 0 Å². The van der Waals surface area contributed by atoms with Gasteiger partial charge in [-0.15, -0.1) is 23.2 Å². The summed E-state index contributed by atoms with van der Waals surface area (Å²) in [6, 6.07) is 12.7. The molecule has 0 fully saturated rings. The van der Waals surface area contributed by atoms with Crippen LogP contribution in [0.5, 0.6) is 0 Å². The maximum absolute atomic E-state index is 11.2. The molecular formula is C19H20Cl2N2O2. The van der Waals surface area contributed by atoms with Crippen molar-refractivity contribution in [1.82, 2.24) is 0 Å². The van der Waals surface area contributed by atoms with Crippen molar-refractivity contribution >= 4 is 46.8 Å². The van der Waals surface area contributed by atoms with Gasteiger partial charge in [-0.3, -0.25) is 4.99 Å². The fourth-order valence-electron chi connectivity index (χ4n) is 2.48. The minimum Gasteiger partial charge on any atom is -0.478 e. The predicted molar refractivity (Wildman–Crippen MR) is 105 cm³/mol. The summed E-state index contributed by atoms with van der Waals surface area (Å²) in [6.45, 7) is 3.45. The molecule has 4 nitrogen and oxygen atoms in total. The van der Waals surface area contributed by atoms with E-state index in [9.17, 15) is 9.90 Å². The van der Waals surface area contributed by atoms with Gasteiger partial charge in [-0.2, -0.15) is 0 Å². The summed E-state index contributed by atoms with van der Waals surface area (Å²) < 4.78 is 0. The van der Waals surface area contributed by atoms with Crippen LogP contribution in [-0.4, -0.2) is 42.1 Å². The molecule has 132 valence electrons. The number of rotatable bonds is 8. The molecule has 1 N–H and O–H groups in total. The van der Waals surface area contributed by atoms with Gasteiger partial charge in [0.25, 0.3) is 0 Å². The number of para-hydroxylation sites is 1. The summed E-state index contributed by atoms with van der Waals surface area (Å²) in [6.07, 6.45) is 1.69. The number of aryl methyl sites for hydroxylation is 1. The molecule has 0 saturated heterocycles. The number of carboxylic acid groups (broad SMARTS) is 1. The Hall–Kier alpha value is -2.04. The Bertz CT molecular complexity index is 757. The first-order valence-electron chi connectivity index (χ1n) is 7.90. The highest BCUT2D eigenvalue weighted by Crippen LogP contribution is 2.21. The summed E-state index contributed by atoms with van der Waals surface area (Å²) in [5, 5.41) is 9.21. The molecule has 0 aromatic heterocycles. The molecule has 0 spiro atoms. The van der Waals surface area contributed by atoms with Gasteiger partial charge in [-0.1, -0.05) is 18.2 Å². The Morgan fingerprint density at radius 1 is 1.16 bits per heavy atom. The molecule has 0 aliphatic carbocycles. The van der Waals surface area contributed by atoms with Crippen LogP contribution >= 0.6 is 23.2 Å². The molecule has 0 bridgehead atoms. The largest absolute Gasteiger partial charge is 0.478 e. The predicted octanol–water partition coefficient (Wildman–Crippen LogP) is 4.73. The van der Waals surface area contributed by atoms with Crippen molar-refractivity contribution in [2.45, 2.75) is 6.92 Å². The number of aromatic carboxylic acids is 1. The molecule has 0 heterocycles. The second-order valence-electron chi connectivity index (χ2n) is 5.49. The third kappa shape index (κ3) is 5.21. The monoisotopic (exact) mass is 378 g/mol. The maximum Gasteiger partial charge on any atom is 0.337 e. The van der Waals surface area contributed by atoms with Crippen molar-refractivity contribution in [3.8, 4) is 0 Å². The number of anilines is 1. The molecule has 0 saturated carbocycles. The van der Waals surface area contributed by atoms with Crippen molar-refractivity contribution in [2.24, 2.45) is 4.99 Å². The van der Waals surface area contributed by atoms with E-state index in [1.165, 1.54) is 0 Å².